The van der Waals surface area contributed by atoms with Crippen LogP contribution in [0.4, 0.5) is 0 Å². The molecule has 2 aromatic rings. The molecular weight excluding hydrogens is 342 g/mol. The number of aryl methyl sites for hydroxylation is 2. The van der Waals surface area contributed by atoms with Gasteiger partial charge in [-0.25, -0.2) is 4.68 Å². The number of benzene rings is 1. The minimum Gasteiger partial charge on any atom is -0.438 e. The first-order valence-corrected chi connectivity index (χ1v) is 7.56. The average molecular weight is 359 g/mol. The molecule has 108 valence electrons. The van der Waals surface area contributed by atoms with E-state index in [-0.39, 0.29) is 0 Å². The molecule has 2 rings (SSSR count). The molecule has 6 heteroatoms. The van der Waals surface area contributed by atoms with Gasteiger partial charge < -0.3 is 10.1 Å². The summed E-state index contributed by atoms with van der Waals surface area (Å²) in [7, 11) is 1.88. The van der Waals surface area contributed by atoms with Crippen molar-refractivity contribution in [3.05, 3.63) is 39.0 Å². The molecule has 0 atom stereocenters. The molecule has 0 aliphatic rings. The van der Waals surface area contributed by atoms with Gasteiger partial charge in [-0.1, -0.05) is 18.5 Å². The average Bonchev–Trinajstić information content (AvgIpc) is 2.65. The van der Waals surface area contributed by atoms with Gasteiger partial charge in [0.2, 0.25) is 5.88 Å². The van der Waals surface area contributed by atoms with Crippen LogP contribution in [0.25, 0.3) is 0 Å². The van der Waals surface area contributed by atoms with Gasteiger partial charge in [0.05, 0.1) is 15.7 Å². The summed E-state index contributed by atoms with van der Waals surface area (Å²) >= 11 is 9.40. The minimum absolute atomic E-state index is 0.665. The van der Waals surface area contributed by atoms with E-state index in [1.165, 1.54) is 0 Å². The first kappa shape index (κ1) is 15.4. The first-order valence-electron chi connectivity index (χ1n) is 6.39. The van der Waals surface area contributed by atoms with Crippen LogP contribution < -0.4 is 10.1 Å². The Morgan fingerprint density at radius 1 is 1.45 bits per heavy atom. The molecule has 4 nitrogen and oxygen atoms in total. The number of nitrogens with zero attached hydrogens (tertiary/aromatic N) is 2. The molecule has 0 radical (unpaired) electrons. The molecule has 0 unspecified atom stereocenters. The quantitative estimate of drug-likeness (QED) is 0.876. The Bertz CT molecular complexity index is 613. The standard InChI is InChI=1S/C14H17BrClN3O/c1-4-17-8-11-9(2)18-19(3)14(11)20-13-6-5-10(16)7-12(13)15/h5-7,17H,4,8H2,1-3H3. The minimum atomic E-state index is 0.665. The fraction of sp³-hybridized carbons (Fsp3) is 0.357. The predicted octanol–water partition coefficient (Wildman–Crippen LogP) is 4.05. The molecule has 0 bridgehead atoms. The lowest BCUT2D eigenvalue weighted by molar-refractivity contribution is 0.422. The molecule has 0 saturated carbocycles. The molecule has 0 amide bonds. The van der Waals surface area contributed by atoms with Crippen molar-refractivity contribution in [3.63, 3.8) is 0 Å². The number of rotatable bonds is 5. The number of ether oxygens (including phenoxy) is 1. The van der Waals surface area contributed by atoms with Crippen molar-refractivity contribution in [1.29, 1.82) is 0 Å². The van der Waals surface area contributed by atoms with Crippen molar-refractivity contribution >= 4 is 27.5 Å². The van der Waals surface area contributed by atoms with Crippen LogP contribution >= 0.6 is 27.5 Å². The summed E-state index contributed by atoms with van der Waals surface area (Å²) < 4.78 is 8.57. The Balaban J connectivity index is 2.32. The normalized spacial score (nSPS) is 10.8. The number of nitrogens with one attached hydrogen (secondary N) is 1. The van der Waals surface area contributed by atoms with E-state index >= 15 is 0 Å². The highest BCUT2D eigenvalue weighted by Crippen LogP contribution is 2.33. The van der Waals surface area contributed by atoms with Gasteiger partial charge in [0.1, 0.15) is 5.75 Å². The fourth-order valence-corrected chi connectivity index (χ4v) is 2.69. The topological polar surface area (TPSA) is 39.1 Å². The Labute approximate surface area is 132 Å². The van der Waals surface area contributed by atoms with E-state index in [0.717, 1.165) is 40.4 Å². The highest BCUT2D eigenvalue weighted by atomic mass is 79.9. The van der Waals surface area contributed by atoms with Crippen LogP contribution in [0.3, 0.4) is 0 Å². The zero-order valence-electron chi connectivity index (χ0n) is 11.7. The smallest absolute Gasteiger partial charge is 0.222 e. The summed E-state index contributed by atoms with van der Waals surface area (Å²) in [5, 5.41) is 8.39. The zero-order valence-corrected chi connectivity index (χ0v) is 14.0. The fourth-order valence-electron chi connectivity index (χ4n) is 1.92. The molecule has 0 aliphatic heterocycles. The molecule has 0 fully saturated rings. The summed E-state index contributed by atoms with van der Waals surface area (Å²) in [5.41, 5.74) is 2.03. The third kappa shape index (κ3) is 3.34. The van der Waals surface area contributed by atoms with Crippen LogP contribution in [0.5, 0.6) is 11.6 Å². The Kier molecular flexibility index (Phi) is 5.07. The van der Waals surface area contributed by atoms with Crippen LogP contribution in [0.15, 0.2) is 22.7 Å². The molecule has 1 N–H and O–H groups in total. The van der Waals surface area contributed by atoms with Crippen molar-refractivity contribution in [1.82, 2.24) is 15.1 Å². The van der Waals surface area contributed by atoms with Gasteiger partial charge in [0, 0.05) is 18.6 Å². The van der Waals surface area contributed by atoms with Crippen molar-refractivity contribution < 1.29 is 4.74 Å². The Hall–Kier alpha value is -1.04. The third-order valence-electron chi connectivity index (χ3n) is 2.94. The van der Waals surface area contributed by atoms with Crippen LogP contribution in [-0.2, 0) is 13.6 Å². The van der Waals surface area contributed by atoms with E-state index in [1.807, 2.05) is 26.1 Å². The van der Waals surface area contributed by atoms with E-state index < -0.39 is 0 Å². The van der Waals surface area contributed by atoms with Crippen molar-refractivity contribution in [2.45, 2.75) is 20.4 Å². The first-order chi connectivity index (χ1) is 9.52. The summed E-state index contributed by atoms with van der Waals surface area (Å²) in [6.45, 7) is 5.69. The van der Waals surface area contributed by atoms with Crippen LogP contribution in [0, 0.1) is 6.92 Å². The molecule has 1 heterocycles. The second-order valence-electron chi connectivity index (χ2n) is 4.45. The lowest BCUT2D eigenvalue weighted by atomic mass is 10.2. The maximum Gasteiger partial charge on any atom is 0.222 e. The van der Waals surface area contributed by atoms with Gasteiger partial charge in [-0.2, -0.15) is 5.10 Å². The molecule has 0 saturated heterocycles. The maximum atomic E-state index is 6.00. The maximum absolute atomic E-state index is 6.00. The van der Waals surface area contributed by atoms with E-state index in [4.69, 9.17) is 16.3 Å². The third-order valence-corrected chi connectivity index (χ3v) is 3.80. The number of hydrogen-bond donors (Lipinski definition) is 1. The summed E-state index contributed by atoms with van der Waals surface area (Å²) in [4.78, 5) is 0. The van der Waals surface area contributed by atoms with Gasteiger partial charge >= 0.3 is 0 Å². The SMILES string of the molecule is CCNCc1c(C)nn(C)c1Oc1ccc(Cl)cc1Br. The number of aromatic nitrogens is 2. The van der Waals surface area contributed by atoms with Gasteiger partial charge in [-0.05, 0) is 47.6 Å². The number of halogens is 2. The van der Waals surface area contributed by atoms with Gasteiger partial charge in [0.25, 0.3) is 0 Å². The Morgan fingerprint density at radius 3 is 2.85 bits per heavy atom. The van der Waals surface area contributed by atoms with Crippen molar-refractivity contribution in [3.8, 4) is 11.6 Å². The molecule has 0 spiro atoms. The molecule has 1 aromatic heterocycles. The summed E-state index contributed by atoms with van der Waals surface area (Å²) in [6, 6.07) is 5.45. The molecule has 1 aromatic carbocycles. The van der Waals surface area contributed by atoms with Gasteiger partial charge in [-0.3, -0.25) is 0 Å². The second kappa shape index (κ2) is 6.61. The van der Waals surface area contributed by atoms with Gasteiger partial charge in [-0.15, -0.1) is 0 Å². The van der Waals surface area contributed by atoms with E-state index in [0.29, 0.717) is 5.02 Å². The van der Waals surface area contributed by atoms with Crippen LogP contribution in [0.1, 0.15) is 18.2 Å². The zero-order chi connectivity index (χ0) is 14.7. The highest BCUT2D eigenvalue weighted by molar-refractivity contribution is 9.10. The predicted molar refractivity (Wildman–Crippen MR) is 84.6 cm³/mol. The van der Waals surface area contributed by atoms with E-state index in [2.05, 4.69) is 33.3 Å². The lowest BCUT2D eigenvalue weighted by Crippen LogP contribution is -2.12. The molecular formula is C14H17BrClN3O. The highest BCUT2D eigenvalue weighted by Gasteiger charge is 2.16. The van der Waals surface area contributed by atoms with Crippen LogP contribution in [-0.4, -0.2) is 16.3 Å². The molecule has 0 aliphatic carbocycles. The van der Waals surface area contributed by atoms with E-state index in [9.17, 15) is 0 Å². The second-order valence-corrected chi connectivity index (χ2v) is 5.74. The monoisotopic (exact) mass is 357 g/mol. The van der Waals surface area contributed by atoms with Crippen LogP contribution in [0.2, 0.25) is 5.02 Å². The lowest BCUT2D eigenvalue weighted by Gasteiger charge is -2.11. The van der Waals surface area contributed by atoms with Crippen molar-refractivity contribution in [2.75, 3.05) is 6.54 Å². The summed E-state index contributed by atoms with van der Waals surface area (Å²) in [5.74, 6) is 1.46. The van der Waals surface area contributed by atoms with Crippen molar-refractivity contribution in [2.24, 2.45) is 7.05 Å². The Morgan fingerprint density at radius 2 is 2.20 bits per heavy atom. The largest absolute Gasteiger partial charge is 0.438 e. The van der Waals surface area contributed by atoms with E-state index in [1.54, 1.807) is 10.7 Å². The van der Waals surface area contributed by atoms with Gasteiger partial charge in [0.15, 0.2) is 0 Å². The number of hydrogen-bond acceptors (Lipinski definition) is 3. The summed E-state index contributed by atoms with van der Waals surface area (Å²) in [6.07, 6.45) is 0. The molecule has 20 heavy (non-hydrogen) atoms.